The third kappa shape index (κ3) is 3.32. The second-order valence-corrected chi connectivity index (χ2v) is 6.99. The van der Waals surface area contributed by atoms with Crippen LogP contribution in [-0.2, 0) is 0 Å². The van der Waals surface area contributed by atoms with Gasteiger partial charge in [-0.25, -0.2) is 4.98 Å². The van der Waals surface area contributed by atoms with Crippen LogP contribution < -0.4 is 0 Å². The van der Waals surface area contributed by atoms with Gasteiger partial charge in [0.05, 0.1) is 12.1 Å². The zero-order valence-corrected chi connectivity index (χ0v) is 13.4. The van der Waals surface area contributed by atoms with Crippen LogP contribution in [0.1, 0.15) is 17.3 Å². The molecular formula is C14H17ClN4OS. The average molecular weight is 325 g/mol. The smallest absolute Gasteiger partial charge is 0.255 e. The highest BCUT2D eigenvalue weighted by Crippen LogP contribution is 2.23. The number of rotatable bonds is 1. The molecule has 1 aromatic heterocycles. The minimum Gasteiger partial charge on any atom is -0.348 e. The molecule has 3 heterocycles. The lowest BCUT2D eigenvalue weighted by atomic mass is 10.2. The first kappa shape index (κ1) is 14.7. The fourth-order valence-electron chi connectivity index (χ4n) is 2.42. The van der Waals surface area contributed by atoms with Crippen molar-refractivity contribution in [2.75, 3.05) is 32.7 Å². The van der Waals surface area contributed by atoms with Crippen molar-refractivity contribution in [3.05, 3.63) is 29.0 Å². The Morgan fingerprint density at radius 1 is 1.33 bits per heavy atom. The van der Waals surface area contributed by atoms with Gasteiger partial charge in [0.1, 0.15) is 5.15 Å². The molecule has 0 aromatic carbocycles. The lowest BCUT2D eigenvalue weighted by Gasteiger charge is -2.35. The first-order chi connectivity index (χ1) is 10.1. The summed E-state index contributed by atoms with van der Waals surface area (Å²) in [7, 11) is 0. The van der Waals surface area contributed by atoms with Gasteiger partial charge in [0.15, 0.2) is 5.17 Å². The van der Waals surface area contributed by atoms with Crippen molar-refractivity contribution in [2.24, 2.45) is 4.99 Å². The average Bonchev–Trinajstić information content (AvgIpc) is 2.94. The SMILES string of the molecule is CC1CN=C(N2CCN(C(=O)c3ccc(Cl)nc3)CC2)S1. The van der Waals surface area contributed by atoms with E-state index in [1.54, 1.807) is 12.1 Å². The van der Waals surface area contributed by atoms with Gasteiger partial charge in [-0.15, -0.1) is 0 Å². The Kier molecular flexibility index (Phi) is 4.35. The molecule has 21 heavy (non-hydrogen) atoms. The predicted octanol–water partition coefficient (Wildman–Crippen LogP) is 1.98. The summed E-state index contributed by atoms with van der Waals surface area (Å²) in [5, 5.41) is 2.10. The number of halogens is 1. The third-order valence-corrected chi connectivity index (χ3v) is 4.98. The van der Waals surface area contributed by atoms with Crippen molar-refractivity contribution in [1.82, 2.24) is 14.8 Å². The number of nitrogens with zero attached hydrogens (tertiary/aromatic N) is 4. The molecule has 1 aromatic rings. The van der Waals surface area contributed by atoms with E-state index in [1.165, 1.54) is 6.20 Å². The summed E-state index contributed by atoms with van der Waals surface area (Å²) < 4.78 is 0. The Balaban J connectivity index is 1.58. The molecule has 0 bridgehead atoms. The maximum absolute atomic E-state index is 12.4. The summed E-state index contributed by atoms with van der Waals surface area (Å²) in [5.74, 6) is 0.0215. The quantitative estimate of drug-likeness (QED) is 0.741. The monoisotopic (exact) mass is 324 g/mol. The van der Waals surface area contributed by atoms with Gasteiger partial charge >= 0.3 is 0 Å². The number of amidine groups is 1. The van der Waals surface area contributed by atoms with Crippen LogP contribution in [0.3, 0.4) is 0 Å². The maximum atomic E-state index is 12.4. The first-order valence-electron chi connectivity index (χ1n) is 7.00. The summed E-state index contributed by atoms with van der Waals surface area (Å²) in [6.07, 6.45) is 1.54. The third-order valence-electron chi connectivity index (χ3n) is 3.60. The lowest BCUT2D eigenvalue weighted by Crippen LogP contribution is -2.49. The second kappa shape index (κ2) is 6.23. The topological polar surface area (TPSA) is 48.8 Å². The molecule has 0 saturated carbocycles. The number of aromatic nitrogens is 1. The summed E-state index contributed by atoms with van der Waals surface area (Å²) in [6, 6.07) is 3.37. The highest BCUT2D eigenvalue weighted by atomic mass is 35.5. The van der Waals surface area contributed by atoms with E-state index in [0.717, 1.165) is 37.9 Å². The number of carbonyl (C=O) groups is 1. The molecule has 2 aliphatic heterocycles. The van der Waals surface area contributed by atoms with Gasteiger partial charge in [-0.05, 0) is 12.1 Å². The van der Waals surface area contributed by atoms with E-state index in [-0.39, 0.29) is 5.91 Å². The normalized spacial score (nSPS) is 22.4. The van der Waals surface area contributed by atoms with Gasteiger partial charge in [0.25, 0.3) is 5.91 Å². The second-order valence-electron chi connectivity index (χ2n) is 5.20. The van der Waals surface area contributed by atoms with E-state index in [0.29, 0.717) is 16.0 Å². The summed E-state index contributed by atoms with van der Waals surface area (Å²) in [5.41, 5.74) is 0.592. The van der Waals surface area contributed by atoms with Gasteiger partial charge in [0.2, 0.25) is 0 Å². The molecule has 112 valence electrons. The molecule has 0 aliphatic carbocycles. The molecule has 0 radical (unpaired) electrons. The summed E-state index contributed by atoms with van der Waals surface area (Å²) >= 11 is 7.57. The van der Waals surface area contributed by atoms with E-state index in [2.05, 4.69) is 21.8 Å². The molecule has 1 saturated heterocycles. The number of carbonyl (C=O) groups excluding carboxylic acids is 1. The fourth-order valence-corrected chi connectivity index (χ4v) is 3.52. The highest BCUT2D eigenvalue weighted by molar-refractivity contribution is 8.14. The van der Waals surface area contributed by atoms with Crippen LogP contribution in [0.5, 0.6) is 0 Å². The number of hydrogen-bond acceptors (Lipinski definition) is 5. The van der Waals surface area contributed by atoms with Crippen LogP contribution in [0.25, 0.3) is 0 Å². The molecule has 1 amide bonds. The Morgan fingerprint density at radius 2 is 2.10 bits per heavy atom. The largest absolute Gasteiger partial charge is 0.348 e. The van der Waals surface area contributed by atoms with Gasteiger partial charge < -0.3 is 9.80 Å². The number of aliphatic imine (C=N–C) groups is 1. The zero-order chi connectivity index (χ0) is 14.8. The standard InChI is InChI=1S/C14H17ClN4OS/c1-10-8-17-14(21-10)19-6-4-18(5-7-19)13(20)11-2-3-12(15)16-9-11/h2-3,9-10H,4-8H2,1H3. The van der Waals surface area contributed by atoms with Crippen LogP contribution in [0.2, 0.25) is 5.15 Å². The summed E-state index contributed by atoms with van der Waals surface area (Å²) in [4.78, 5) is 25.0. The molecule has 1 atom stereocenters. The fraction of sp³-hybridized carbons (Fsp3) is 0.500. The Bertz CT molecular complexity index is 555. The number of hydrogen-bond donors (Lipinski definition) is 0. The number of thioether (sulfide) groups is 1. The molecule has 0 spiro atoms. The van der Waals surface area contributed by atoms with Crippen LogP contribution >= 0.6 is 23.4 Å². The first-order valence-corrected chi connectivity index (χ1v) is 8.26. The minimum atomic E-state index is 0.0215. The molecule has 3 rings (SSSR count). The molecule has 0 N–H and O–H groups in total. The van der Waals surface area contributed by atoms with Crippen molar-refractivity contribution in [3.8, 4) is 0 Å². The van der Waals surface area contributed by atoms with E-state index in [1.807, 2.05) is 16.7 Å². The van der Waals surface area contributed by atoms with Crippen molar-refractivity contribution in [3.63, 3.8) is 0 Å². The van der Waals surface area contributed by atoms with Crippen LogP contribution in [0.15, 0.2) is 23.3 Å². The molecule has 1 unspecified atom stereocenters. The molecular weight excluding hydrogens is 308 g/mol. The summed E-state index contributed by atoms with van der Waals surface area (Å²) in [6.45, 7) is 6.20. The van der Waals surface area contributed by atoms with Gasteiger partial charge in [0, 0.05) is 37.6 Å². The van der Waals surface area contributed by atoms with Gasteiger partial charge in [-0.2, -0.15) is 0 Å². The van der Waals surface area contributed by atoms with Gasteiger partial charge in [-0.1, -0.05) is 30.3 Å². The van der Waals surface area contributed by atoms with Crippen LogP contribution in [0, 0.1) is 0 Å². The maximum Gasteiger partial charge on any atom is 0.255 e. The lowest BCUT2D eigenvalue weighted by molar-refractivity contribution is 0.0693. The van der Waals surface area contributed by atoms with Crippen molar-refractivity contribution in [1.29, 1.82) is 0 Å². The Labute approximate surface area is 133 Å². The Morgan fingerprint density at radius 3 is 2.67 bits per heavy atom. The molecule has 7 heteroatoms. The molecule has 5 nitrogen and oxygen atoms in total. The van der Waals surface area contributed by atoms with E-state index in [9.17, 15) is 4.79 Å². The number of pyridine rings is 1. The zero-order valence-electron chi connectivity index (χ0n) is 11.8. The van der Waals surface area contributed by atoms with Crippen LogP contribution in [0.4, 0.5) is 0 Å². The minimum absolute atomic E-state index is 0.0215. The van der Waals surface area contributed by atoms with Crippen molar-refractivity contribution >= 4 is 34.4 Å². The van der Waals surface area contributed by atoms with Crippen molar-refractivity contribution < 1.29 is 4.79 Å². The van der Waals surface area contributed by atoms with E-state index < -0.39 is 0 Å². The van der Waals surface area contributed by atoms with Crippen LogP contribution in [-0.4, -0.2) is 63.8 Å². The van der Waals surface area contributed by atoms with Crippen molar-refractivity contribution in [2.45, 2.75) is 12.2 Å². The number of piperazine rings is 1. The highest BCUT2D eigenvalue weighted by Gasteiger charge is 2.27. The Hall–Kier alpha value is -1.27. The van der Waals surface area contributed by atoms with E-state index >= 15 is 0 Å². The van der Waals surface area contributed by atoms with Gasteiger partial charge in [-0.3, -0.25) is 9.79 Å². The number of amides is 1. The molecule has 2 aliphatic rings. The predicted molar refractivity (Wildman–Crippen MR) is 86.1 cm³/mol. The van der Waals surface area contributed by atoms with E-state index in [4.69, 9.17) is 11.6 Å². The molecule has 1 fully saturated rings.